The van der Waals surface area contributed by atoms with Crippen LogP contribution >= 0.6 is 0 Å². The number of piperazine rings is 1. The van der Waals surface area contributed by atoms with Gasteiger partial charge in [-0.1, -0.05) is 43.7 Å². The van der Waals surface area contributed by atoms with Crippen molar-refractivity contribution < 1.29 is 4.74 Å². The van der Waals surface area contributed by atoms with E-state index >= 15 is 0 Å². The van der Waals surface area contributed by atoms with E-state index < -0.39 is 0 Å². The number of ether oxygens (including phenoxy) is 1. The van der Waals surface area contributed by atoms with Gasteiger partial charge in [-0.2, -0.15) is 0 Å². The van der Waals surface area contributed by atoms with Crippen LogP contribution in [0.2, 0.25) is 0 Å². The zero-order valence-corrected chi connectivity index (χ0v) is 17.8. The molecule has 158 valence electrons. The summed E-state index contributed by atoms with van der Waals surface area (Å²) in [5.74, 6) is 1.82. The van der Waals surface area contributed by atoms with Gasteiger partial charge in [-0.05, 0) is 46.7 Å². The molecule has 0 saturated carbocycles. The molecule has 4 rings (SSSR count). The summed E-state index contributed by atoms with van der Waals surface area (Å²) in [6.45, 7) is 6.94. The molecule has 0 bridgehead atoms. The maximum absolute atomic E-state index is 5.26. The highest BCUT2D eigenvalue weighted by Crippen LogP contribution is 2.27. The van der Waals surface area contributed by atoms with Crippen molar-refractivity contribution in [2.45, 2.75) is 32.4 Å². The third-order valence-electron chi connectivity index (χ3n) is 5.79. The Labute approximate surface area is 178 Å². The van der Waals surface area contributed by atoms with Crippen LogP contribution < -0.4 is 9.64 Å². The molecule has 0 aliphatic carbocycles. The van der Waals surface area contributed by atoms with Crippen molar-refractivity contribution in [1.82, 2.24) is 25.1 Å². The number of methoxy groups -OCH3 is 1. The zero-order chi connectivity index (χ0) is 20.8. The maximum atomic E-state index is 5.26. The summed E-state index contributed by atoms with van der Waals surface area (Å²) >= 11 is 0. The van der Waals surface area contributed by atoms with E-state index in [1.54, 1.807) is 7.11 Å². The van der Waals surface area contributed by atoms with Crippen LogP contribution in [0.15, 0.2) is 54.6 Å². The van der Waals surface area contributed by atoms with Crippen LogP contribution in [0.25, 0.3) is 0 Å². The molecule has 30 heavy (non-hydrogen) atoms. The molecule has 2 heterocycles. The standard InChI is InChI=1S/C23H30N6O/c1-3-7-22(28-16-14-27(15-17-28)20-8-5-4-6-9-20)23-24-25-26-29(23)18-19-10-12-21(30-2)13-11-19/h4-6,8-13,22H,3,7,14-18H2,1-2H3/t22-/m1/s1. The predicted octanol–water partition coefficient (Wildman–Crippen LogP) is 3.39. The fraction of sp³-hybridized carbons (Fsp3) is 0.435. The molecule has 1 aliphatic heterocycles. The lowest BCUT2D eigenvalue weighted by Crippen LogP contribution is -2.48. The van der Waals surface area contributed by atoms with Crippen molar-refractivity contribution in [2.75, 3.05) is 38.2 Å². The van der Waals surface area contributed by atoms with Gasteiger partial charge in [0.2, 0.25) is 0 Å². The minimum absolute atomic E-state index is 0.237. The molecule has 2 aromatic carbocycles. The lowest BCUT2D eigenvalue weighted by molar-refractivity contribution is 0.164. The molecule has 1 aliphatic rings. The van der Waals surface area contributed by atoms with E-state index in [0.717, 1.165) is 56.2 Å². The molecule has 1 aromatic heterocycles. The number of aromatic nitrogens is 4. The van der Waals surface area contributed by atoms with E-state index in [2.05, 4.69) is 74.7 Å². The van der Waals surface area contributed by atoms with Gasteiger partial charge in [0.05, 0.1) is 19.7 Å². The van der Waals surface area contributed by atoms with Crippen LogP contribution in [0.4, 0.5) is 5.69 Å². The van der Waals surface area contributed by atoms with Crippen LogP contribution in [0.5, 0.6) is 5.75 Å². The van der Waals surface area contributed by atoms with Crippen LogP contribution in [0.1, 0.15) is 37.2 Å². The van der Waals surface area contributed by atoms with Gasteiger partial charge in [0.15, 0.2) is 5.82 Å². The van der Waals surface area contributed by atoms with Gasteiger partial charge in [0, 0.05) is 31.9 Å². The van der Waals surface area contributed by atoms with Crippen LogP contribution in [-0.4, -0.2) is 58.4 Å². The van der Waals surface area contributed by atoms with Crippen molar-refractivity contribution in [3.8, 4) is 5.75 Å². The fourth-order valence-electron chi connectivity index (χ4n) is 4.15. The SMILES string of the molecule is CCC[C@H](c1nnnn1Cc1ccc(OC)cc1)N1CCN(c2ccccc2)CC1. The Morgan fingerprint density at radius 1 is 0.967 bits per heavy atom. The molecule has 0 amide bonds. The Morgan fingerprint density at radius 2 is 1.70 bits per heavy atom. The molecule has 0 N–H and O–H groups in total. The minimum atomic E-state index is 0.237. The molecule has 7 nitrogen and oxygen atoms in total. The van der Waals surface area contributed by atoms with Crippen LogP contribution in [0.3, 0.4) is 0 Å². The Kier molecular flexibility index (Phi) is 6.59. The van der Waals surface area contributed by atoms with Crippen LogP contribution in [0, 0.1) is 0 Å². The molecular formula is C23H30N6O. The smallest absolute Gasteiger partial charge is 0.168 e. The second-order valence-corrected chi connectivity index (χ2v) is 7.71. The first kappa shape index (κ1) is 20.3. The summed E-state index contributed by atoms with van der Waals surface area (Å²) in [7, 11) is 1.68. The summed E-state index contributed by atoms with van der Waals surface area (Å²) in [5, 5.41) is 12.8. The average Bonchev–Trinajstić information content (AvgIpc) is 3.26. The molecule has 7 heteroatoms. The summed E-state index contributed by atoms with van der Waals surface area (Å²) in [4.78, 5) is 5.00. The van der Waals surface area contributed by atoms with E-state index in [9.17, 15) is 0 Å². The molecule has 1 atom stereocenters. The first-order chi connectivity index (χ1) is 14.8. The van der Waals surface area contributed by atoms with Gasteiger partial charge in [-0.3, -0.25) is 4.90 Å². The largest absolute Gasteiger partial charge is 0.497 e. The fourth-order valence-corrected chi connectivity index (χ4v) is 4.15. The first-order valence-electron chi connectivity index (χ1n) is 10.7. The van der Waals surface area contributed by atoms with Crippen molar-refractivity contribution in [3.63, 3.8) is 0 Å². The van der Waals surface area contributed by atoms with Crippen molar-refractivity contribution >= 4 is 5.69 Å². The number of benzene rings is 2. The monoisotopic (exact) mass is 406 g/mol. The predicted molar refractivity (Wildman–Crippen MR) is 118 cm³/mol. The first-order valence-corrected chi connectivity index (χ1v) is 10.7. The third kappa shape index (κ3) is 4.62. The molecule has 1 fully saturated rings. The number of nitrogens with zero attached hydrogens (tertiary/aromatic N) is 6. The van der Waals surface area contributed by atoms with Gasteiger partial charge in [0.25, 0.3) is 0 Å². The Morgan fingerprint density at radius 3 is 2.37 bits per heavy atom. The Hall–Kier alpha value is -2.93. The Bertz CT molecular complexity index is 903. The van der Waals surface area contributed by atoms with Crippen molar-refractivity contribution in [2.24, 2.45) is 0 Å². The van der Waals surface area contributed by atoms with Gasteiger partial charge >= 0.3 is 0 Å². The van der Waals surface area contributed by atoms with Gasteiger partial charge in [-0.15, -0.1) is 5.10 Å². The Balaban J connectivity index is 1.46. The number of rotatable bonds is 8. The third-order valence-corrected chi connectivity index (χ3v) is 5.79. The van der Waals surface area contributed by atoms with E-state index in [4.69, 9.17) is 4.74 Å². The van der Waals surface area contributed by atoms with E-state index in [1.165, 1.54) is 5.69 Å². The molecule has 0 unspecified atom stereocenters. The normalized spacial score (nSPS) is 15.9. The molecule has 0 radical (unpaired) electrons. The summed E-state index contributed by atoms with van der Waals surface area (Å²) in [6.07, 6.45) is 2.15. The lowest BCUT2D eigenvalue weighted by atomic mass is 10.1. The second kappa shape index (κ2) is 9.71. The number of para-hydroxylation sites is 1. The quantitative estimate of drug-likeness (QED) is 0.572. The molecule has 1 saturated heterocycles. The van der Waals surface area contributed by atoms with Gasteiger partial charge in [-0.25, -0.2) is 4.68 Å². The summed E-state index contributed by atoms with van der Waals surface area (Å²) in [5.41, 5.74) is 2.46. The highest BCUT2D eigenvalue weighted by atomic mass is 16.5. The number of anilines is 1. The van der Waals surface area contributed by atoms with Crippen LogP contribution in [-0.2, 0) is 6.54 Å². The number of hydrogen-bond acceptors (Lipinski definition) is 6. The topological polar surface area (TPSA) is 59.3 Å². The number of tetrazole rings is 1. The highest BCUT2D eigenvalue weighted by Gasteiger charge is 2.28. The van der Waals surface area contributed by atoms with E-state index in [1.807, 2.05) is 16.8 Å². The lowest BCUT2D eigenvalue weighted by Gasteiger charge is -2.39. The maximum Gasteiger partial charge on any atom is 0.168 e. The van der Waals surface area contributed by atoms with Crippen molar-refractivity contribution in [3.05, 3.63) is 66.0 Å². The van der Waals surface area contributed by atoms with E-state index in [-0.39, 0.29) is 6.04 Å². The minimum Gasteiger partial charge on any atom is -0.497 e. The molecule has 0 spiro atoms. The summed E-state index contributed by atoms with van der Waals surface area (Å²) in [6, 6.07) is 19.0. The van der Waals surface area contributed by atoms with Gasteiger partial charge in [0.1, 0.15) is 5.75 Å². The zero-order valence-electron chi connectivity index (χ0n) is 17.8. The molecular weight excluding hydrogens is 376 g/mol. The average molecular weight is 407 g/mol. The second-order valence-electron chi connectivity index (χ2n) is 7.71. The van der Waals surface area contributed by atoms with E-state index in [0.29, 0.717) is 6.54 Å². The molecule has 3 aromatic rings. The summed E-state index contributed by atoms with van der Waals surface area (Å²) < 4.78 is 7.21. The highest BCUT2D eigenvalue weighted by molar-refractivity contribution is 5.46. The number of hydrogen-bond donors (Lipinski definition) is 0. The van der Waals surface area contributed by atoms with Gasteiger partial charge < -0.3 is 9.64 Å². The van der Waals surface area contributed by atoms with Crippen molar-refractivity contribution in [1.29, 1.82) is 0 Å².